The maximum atomic E-state index is 11.9. The Morgan fingerprint density at radius 2 is 1.85 bits per heavy atom. The number of carbonyl (C=O) groups excluding carboxylic acids is 1. The smallest absolute Gasteiger partial charge is 0.311 e. The fraction of sp³-hybridized carbons (Fsp3) is 0.611. The maximum absolute atomic E-state index is 11.9. The van der Waals surface area contributed by atoms with E-state index in [0.717, 1.165) is 24.2 Å². The van der Waals surface area contributed by atoms with Gasteiger partial charge in [0.25, 0.3) is 0 Å². The molecule has 0 heterocycles. The van der Waals surface area contributed by atoms with Gasteiger partial charge in [-0.2, -0.15) is 0 Å². The number of aryl methyl sites for hydroxylation is 1. The number of carbonyl (C=O) groups is 1. The molecule has 2 nitrogen and oxygen atoms in total. The van der Waals surface area contributed by atoms with E-state index < -0.39 is 0 Å². The van der Waals surface area contributed by atoms with Gasteiger partial charge in [0.2, 0.25) is 0 Å². The summed E-state index contributed by atoms with van der Waals surface area (Å²) in [6.07, 6.45) is 6.27. The van der Waals surface area contributed by atoms with Gasteiger partial charge in [-0.05, 0) is 36.5 Å². The second kappa shape index (κ2) is 8.78. The van der Waals surface area contributed by atoms with Crippen LogP contribution in [0.4, 0.5) is 0 Å². The predicted molar refractivity (Wildman–Crippen MR) is 84.3 cm³/mol. The van der Waals surface area contributed by atoms with Gasteiger partial charge in [-0.3, -0.25) is 4.79 Å². The van der Waals surface area contributed by atoms with Crippen LogP contribution in [0.15, 0.2) is 18.2 Å². The van der Waals surface area contributed by atoms with E-state index in [-0.39, 0.29) is 5.97 Å². The van der Waals surface area contributed by atoms with Crippen LogP contribution in [-0.4, -0.2) is 5.97 Å². The number of hydrogen-bond acceptors (Lipinski definition) is 2. The van der Waals surface area contributed by atoms with Crippen molar-refractivity contribution in [2.24, 2.45) is 0 Å². The Balaban J connectivity index is 2.47. The van der Waals surface area contributed by atoms with E-state index in [0.29, 0.717) is 12.3 Å². The average Bonchev–Trinajstić information content (AvgIpc) is 2.40. The molecule has 0 aliphatic rings. The van der Waals surface area contributed by atoms with E-state index in [1.165, 1.54) is 24.8 Å². The van der Waals surface area contributed by atoms with E-state index in [9.17, 15) is 4.79 Å². The molecule has 112 valence electrons. The van der Waals surface area contributed by atoms with Crippen LogP contribution < -0.4 is 4.74 Å². The number of hydrogen-bond donors (Lipinski definition) is 0. The summed E-state index contributed by atoms with van der Waals surface area (Å²) in [6, 6.07) is 6.12. The van der Waals surface area contributed by atoms with Crippen LogP contribution in [0.5, 0.6) is 5.75 Å². The van der Waals surface area contributed by atoms with Crippen LogP contribution in [0.3, 0.4) is 0 Å². The summed E-state index contributed by atoms with van der Waals surface area (Å²) >= 11 is 0. The second-order valence-corrected chi connectivity index (χ2v) is 5.82. The lowest BCUT2D eigenvalue weighted by atomic mass is 10.0. The highest BCUT2D eigenvalue weighted by atomic mass is 16.5. The molecule has 0 aliphatic heterocycles. The normalized spacial score (nSPS) is 10.8. The minimum atomic E-state index is -0.106. The van der Waals surface area contributed by atoms with Gasteiger partial charge in [0.05, 0.1) is 0 Å². The number of ether oxygens (including phenoxy) is 1. The second-order valence-electron chi connectivity index (χ2n) is 5.82. The van der Waals surface area contributed by atoms with E-state index >= 15 is 0 Å². The minimum absolute atomic E-state index is 0.106. The zero-order chi connectivity index (χ0) is 15.0. The van der Waals surface area contributed by atoms with Crippen molar-refractivity contribution in [3.8, 4) is 5.75 Å². The highest BCUT2D eigenvalue weighted by molar-refractivity contribution is 5.72. The van der Waals surface area contributed by atoms with Crippen molar-refractivity contribution >= 4 is 5.97 Å². The predicted octanol–water partition coefficient (Wildman–Crippen LogP) is 5.38. The molecule has 0 aliphatic carbocycles. The Morgan fingerprint density at radius 3 is 2.50 bits per heavy atom. The third kappa shape index (κ3) is 5.77. The third-order valence-corrected chi connectivity index (χ3v) is 3.59. The number of benzene rings is 1. The highest BCUT2D eigenvalue weighted by Gasteiger charge is 2.09. The molecule has 0 radical (unpaired) electrons. The van der Waals surface area contributed by atoms with Crippen molar-refractivity contribution in [3.05, 3.63) is 29.3 Å². The van der Waals surface area contributed by atoms with Gasteiger partial charge < -0.3 is 4.74 Å². The highest BCUT2D eigenvalue weighted by Crippen LogP contribution is 2.24. The van der Waals surface area contributed by atoms with Crippen LogP contribution in [-0.2, 0) is 4.79 Å². The lowest BCUT2D eigenvalue weighted by Gasteiger charge is -2.11. The molecule has 0 fully saturated rings. The van der Waals surface area contributed by atoms with E-state index in [1.807, 2.05) is 19.1 Å². The molecule has 0 spiro atoms. The first-order valence-electron chi connectivity index (χ1n) is 7.85. The van der Waals surface area contributed by atoms with Gasteiger partial charge in [0.1, 0.15) is 5.75 Å². The molecule has 20 heavy (non-hydrogen) atoms. The third-order valence-electron chi connectivity index (χ3n) is 3.59. The maximum Gasteiger partial charge on any atom is 0.311 e. The molecule has 1 aromatic carbocycles. The molecule has 0 aromatic heterocycles. The quantitative estimate of drug-likeness (QED) is 0.362. The Labute approximate surface area is 123 Å². The molecule has 0 saturated heterocycles. The zero-order valence-electron chi connectivity index (χ0n) is 13.4. The molecule has 0 unspecified atom stereocenters. The van der Waals surface area contributed by atoms with Crippen molar-refractivity contribution in [1.29, 1.82) is 0 Å². The van der Waals surface area contributed by atoms with Gasteiger partial charge in [-0.15, -0.1) is 0 Å². The van der Waals surface area contributed by atoms with Crippen molar-refractivity contribution in [2.75, 3.05) is 0 Å². The van der Waals surface area contributed by atoms with Crippen molar-refractivity contribution in [2.45, 2.75) is 72.1 Å². The van der Waals surface area contributed by atoms with Crippen molar-refractivity contribution < 1.29 is 9.53 Å². The van der Waals surface area contributed by atoms with Crippen LogP contribution in [0.1, 0.15) is 76.3 Å². The van der Waals surface area contributed by atoms with Gasteiger partial charge in [-0.25, -0.2) is 0 Å². The number of rotatable bonds is 8. The van der Waals surface area contributed by atoms with E-state index in [4.69, 9.17) is 4.74 Å². The Kier molecular flexibility index (Phi) is 7.35. The summed E-state index contributed by atoms with van der Waals surface area (Å²) in [5.41, 5.74) is 2.23. The first-order chi connectivity index (χ1) is 9.54. The molecule has 2 heteroatoms. The zero-order valence-corrected chi connectivity index (χ0v) is 13.4. The Hall–Kier alpha value is -1.31. The lowest BCUT2D eigenvalue weighted by Crippen LogP contribution is -2.09. The topological polar surface area (TPSA) is 26.3 Å². The van der Waals surface area contributed by atoms with Crippen LogP contribution in [0.25, 0.3) is 0 Å². The summed E-state index contributed by atoms with van der Waals surface area (Å²) in [5.74, 6) is 1.06. The summed E-state index contributed by atoms with van der Waals surface area (Å²) in [7, 11) is 0. The fourth-order valence-corrected chi connectivity index (χ4v) is 2.13. The van der Waals surface area contributed by atoms with Crippen LogP contribution in [0, 0.1) is 6.92 Å². The van der Waals surface area contributed by atoms with Crippen molar-refractivity contribution in [1.82, 2.24) is 0 Å². The molecular weight excluding hydrogens is 248 g/mol. The van der Waals surface area contributed by atoms with Gasteiger partial charge in [-0.1, -0.05) is 58.6 Å². The Bertz CT molecular complexity index is 421. The molecule has 0 N–H and O–H groups in total. The first-order valence-corrected chi connectivity index (χ1v) is 7.85. The molecule has 1 rings (SSSR count). The number of esters is 1. The fourth-order valence-electron chi connectivity index (χ4n) is 2.13. The molecule has 0 amide bonds. The molecule has 1 aromatic rings. The van der Waals surface area contributed by atoms with Crippen molar-refractivity contribution in [3.63, 3.8) is 0 Å². The molecular formula is C18H28O2. The summed E-state index contributed by atoms with van der Waals surface area (Å²) < 4.78 is 5.50. The lowest BCUT2D eigenvalue weighted by molar-refractivity contribution is -0.134. The van der Waals surface area contributed by atoms with Crippen LogP contribution >= 0.6 is 0 Å². The average molecular weight is 276 g/mol. The SMILES string of the molecule is CCCCCCCC(=O)Oc1cc(C(C)C)ccc1C. The summed E-state index contributed by atoms with van der Waals surface area (Å²) in [4.78, 5) is 11.9. The first kappa shape index (κ1) is 16.7. The standard InChI is InChI=1S/C18H28O2/c1-5-6-7-8-9-10-18(19)20-17-13-16(14(2)3)12-11-15(17)4/h11-14H,5-10H2,1-4H3. The van der Waals surface area contributed by atoms with E-state index in [2.05, 4.69) is 26.8 Å². The monoisotopic (exact) mass is 276 g/mol. The summed E-state index contributed by atoms with van der Waals surface area (Å²) in [6.45, 7) is 8.46. The molecule has 0 bridgehead atoms. The van der Waals surface area contributed by atoms with Crippen LogP contribution in [0.2, 0.25) is 0 Å². The largest absolute Gasteiger partial charge is 0.426 e. The minimum Gasteiger partial charge on any atom is -0.426 e. The van der Waals surface area contributed by atoms with Gasteiger partial charge in [0.15, 0.2) is 0 Å². The number of unbranched alkanes of at least 4 members (excludes halogenated alkanes) is 4. The molecule has 0 saturated carbocycles. The summed E-state index contributed by atoms with van der Waals surface area (Å²) in [5, 5.41) is 0. The molecule has 0 atom stereocenters. The van der Waals surface area contributed by atoms with Gasteiger partial charge >= 0.3 is 5.97 Å². The van der Waals surface area contributed by atoms with E-state index in [1.54, 1.807) is 0 Å². The van der Waals surface area contributed by atoms with Gasteiger partial charge in [0, 0.05) is 6.42 Å². The Morgan fingerprint density at radius 1 is 1.15 bits per heavy atom.